The lowest BCUT2D eigenvalue weighted by atomic mass is 9.97. The smallest absolute Gasteiger partial charge is 0.496 e. The molecule has 0 unspecified atom stereocenters. The summed E-state index contributed by atoms with van der Waals surface area (Å²) in [7, 11) is 1.49. The molecule has 1 aromatic carbocycles. The van der Waals surface area contributed by atoms with E-state index in [-0.39, 0.29) is 11.8 Å². The van der Waals surface area contributed by atoms with Crippen molar-refractivity contribution in [1.82, 2.24) is 10.2 Å². The fourth-order valence-corrected chi connectivity index (χ4v) is 3.30. The lowest BCUT2D eigenvalue weighted by molar-refractivity contribution is -0.274. The molecule has 24 heavy (non-hydrogen) atoms. The molecule has 0 amide bonds. The summed E-state index contributed by atoms with van der Waals surface area (Å²) in [5, 5.41) is 3.34. The van der Waals surface area contributed by atoms with Gasteiger partial charge in [0.25, 0.3) is 0 Å². The molecule has 134 valence electrons. The fraction of sp³-hybridized carbons (Fsp3) is 0.647. The molecule has 1 aromatic rings. The number of benzene rings is 1. The SMILES string of the molecule is COc1cc(OC(F)(F)F)ccc1[C@@H](CC1CC1)N1CCNCC1. The minimum atomic E-state index is -4.70. The van der Waals surface area contributed by atoms with E-state index in [4.69, 9.17) is 4.74 Å². The van der Waals surface area contributed by atoms with Crippen LogP contribution >= 0.6 is 0 Å². The van der Waals surface area contributed by atoms with Crippen LogP contribution in [-0.4, -0.2) is 44.6 Å². The molecule has 0 radical (unpaired) electrons. The highest BCUT2D eigenvalue weighted by Crippen LogP contribution is 2.43. The maximum Gasteiger partial charge on any atom is 0.573 e. The van der Waals surface area contributed by atoms with Crippen LogP contribution in [0.3, 0.4) is 0 Å². The van der Waals surface area contributed by atoms with Crippen LogP contribution in [-0.2, 0) is 0 Å². The normalized spacial score (nSPS) is 20.7. The molecule has 1 heterocycles. The molecule has 1 aliphatic heterocycles. The van der Waals surface area contributed by atoms with Crippen molar-refractivity contribution < 1.29 is 22.6 Å². The number of hydrogen-bond acceptors (Lipinski definition) is 4. The first-order chi connectivity index (χ1) is 11.5. The lowest BCUT2D eigenvalue weighted by Gasteiger charge is -2.36. The number of alkyl halides is 3. The molecule has 4 nitrogen and oxygen atoms in total. The number of nitrogens with zero attached hydrogens (tertiary/aromatic N) is 1. The highest BCUT2D eigenvalue weighted by Gasteiger charge is 2.34. The third kappa shape index (κ3) is 4.54. The van der Waals surface area contributed by atoms with Gasteiger partial charge in [0.05, 0.1) is 7.11 Å². The fourth-order valence-electron chi connectivity index (χ4n) is 3.30. The Hall–Kier alpha value is -1.47. The monoisotopic (exact) mass is 344 g/mol. The van der Waals surface area contributed by atoms with Crippen molar-refractivity contribution in [2.45, 2.75) is 31.7 Å². The summed E-state index contributed by atoms with van der Waals surface area (Å²) in [4.78, 5) is 2.40. The zero-order valence-electron chi connectivity index (χ0n) is 13.7. The Bertz CT molecular complexity index is 555. The van der Waals surface area contributed by atoms with Gasteiger partial charge >= 0.3 is 6.36 Å². The van der Waals surface area contributed by atoms with Crippen LogP contribution in [0.1, 0.15) is 30.9 Å². The second-order valence-electron chi connectivity index (χ2n) is 6.43. The van der Waals surface area contributed by atoms with Crippen LogP contribution in [0.2, 0.25) is 0 Å². The molecular formula is C17H23F3N2O2. The molecule has 1 saturated carbocycles. The minimum absolute atomic E-state index is 0.175. The molecule has 1 N–H and O–H groups in total. The van der Waals surface area contributed by atoms with Crippen LogP contribution in [0.5, 0.6) is 11.5 Å². The van der Waals surface area contributed by atoms with Crippen molar-refractivity contribution in [2.75, 3.05) is 33.3 Å². The second kappa shape index (κ2) is 7.19. The van der Waals surface area contributed by atoms with E-state index in [9.17, 15) is 13.2 Å². The Kier molecular flexibility index (Phi) is 5.20. The van der Waals surface area contributed by atoms with E-state index in [1.165, 1.54) is 32.1 Å². The number of nitrogens with one attached hydrogen (secondary N) is 1. The standard InChI is InChI=1S/C17H23F3N2O2/c1-23-16-11-13(24-17(18,19)20)4-5-14(16)15(10-12-2-3-12)22-8-6-21-7-9-22/h4-5,11-12,15,21H,2-3,6-10H2,1H3/t15-/m1/s1. The van der Waals surface area contributed by atoms with E-state index in [0.717, 1.165) is 38.2 Å². The largest absolute Gasteiger partial charge is 0.573 e. The Morgan fingerprint density at radius 2 is 1.96 bits per heavy atom. The van der Waals surface area contributed by atoms with Crippen molar-refractivity contribution in [3.05, 3.63) is 23.8 Å². The first kappa shape index (κ1) is 17.4. The predicted octanol–water partition coefficient (Wildman–Crippen LogP) is 3.34. The molecule has 1 saturated heterocycles. The quantitative estimate of drug-likeness (QED) is 0.858. The molecule has 2 fully saturated rings. The summed E-state index contributed by atoms with van der Waals surface area (Å²) in [6.45, 7) is 3.72. The van der Waals surface area contributed by atoms with Crippen LogP contribution in [0.4, 0.5) is 13.2 Å². The van der Waals surface area contributed by atoms with Crippen molar-refractivity contribution in [3.63, 3.8) is 0 Å². The molecular weight excluding hydrogens is 321 g/mol. The van der Waals surface area contributed by atoms with E-state index in [1.807, 2.05) is 0 Å². The molecule has 1 atom stereocenters. The van der Waals surface area contributed by atoms with E-state index >= 15 is 0 Å². The topological polar surface area (TPSA) is 33.7 Å². The van der Waals surface area contributed by atoms with Gasteiger partial charge in [0.1, 0.15) is 11.5 Å². The number of rotatable bonds is 6. The van der Waals surface area contributed by atoms with Crippen LogP contribution in [0.25, 0.3) is 0 Å². The summed E-state index contributed by atoms with van der Waals surface area (Å²) < 4.78 is 46.7. The van der Waals surface area contributed by atoms with Crippen LogP contribution < -0.4 is 14.8 Å². The van der Waals surface area contributed by atoms with Gasteiger partial charge in [-0.2, -0.15) is 0 Å². The predicted molar refractivity (Wildman–Crippen MR) is 84.2 cm³/mol. The Balaban J connectivity index is 1.84. The molecule has 0 aromatic heterocycles. The molecule has 0 bridgehead atoms. The minimum Gasteiger partial charge on any atom is -0.496 e. The number of ether oxygens (including phenoxy) is 2. The second-order valence-corrected chi connectivity index (χ2v) is 6.43. The Morgan fingerprint density at radius 1 is 1.25 bits per heavy atom. The summed E-state index contributed by atoms with van der Waals surface area (Å²) in [6.07, 6.45) is -1.20. The highest BCUT2D eigenvalue weighted by atomic mass is 19.4. The summed E-state index contributed by atoms with van der Waals surface area (Å²) in [5.41, 5.74) is 0.945. The Labute approximate surface area is 139 Å². The van der Waals surface area contributed by atoms with Gasteiger partial charge in [-0.25, -0.2) is 0 Å². The maximum absolute atomic E-state index is 12.4. The lowest BCUT2D eigenvalue weighted by Crippen LogP contribution is -2.45. The van der Waals surface area contributed by atoms with Gasteiger partial charge in [0.2, 0.25) is 0 Å². The van der Waals surface area contributed by atoms with Gasteiger partial charge in [-0.3, -0.25) is 4.90 Å². The van der Waals surface area contributed by atoms with Crippen molar-refractivity contribution >= 4 is 0 Å². The van der Waals surface area contributed by atoms with E-state index < -0.39 is 6.36 Å². The van der Waals surface area contributed by atoms with Crippen molar-refractivity contribution in [3.8, 4) is 11.5 Å². The number of methoxy groups -OCH3 is 1. The maximum atomic E-state index is 12.4. The van der Waals surface area contributed by atoms with Gasteiger partial charge < -0.3 is 14.8 Å². The zero-order valence-corrected chi connectivity index (χ0v) is 13.7. The van der Waals surface area contributed by atoms with Gasteiger partial charge in [0.15, 0.2) is 0 Å². The molecule has 7 heteroatoms. The average Bonchev–Trinajstić information content (AvgIpc) is 3.36. The number of halogens is 3. The van der Waals surface area contributed by atoms with E-state index in [1.54, 1.807) is 6.07 Å². The van der Waals surface area contributed by atoms with Gasteiger partial charge in [0, 0.05) is 43.9 Å². The first-order valence-electron chi connectivity index (χ1n) is 8.35. The molecule has 3 rings (SSSR count). The summed E-state index contributed by atoms with van der Waals surface area (Å²) in [5.74, 6) is 0.926. The average molecular weight is 344 g/mol. The molecule has 1 aliphatic carbocycles. The van der Waals surface area contributed by atoms with Crippen LogP contribution in [0, 0.1) is 5.92 Å². The third-order valence-corrected chi connectivity index (χ3v) is 4.64. The van der Waals surface area contributed by atoms with E-state index in [0.29, 0.717) is 11.7 Å². The molecule has 0 spiro atoms. The number of piperazine rings is 1. The van der Waals surface area contributed by atoms with E-state index in [2.05, 4.69) is 15.0 Å². The molecule has 2 aliphatic rings. The van der Waals surface area contributed by atoms with Gasteiger partial charge in [-0.15, -0.1) is 13.2 Å². The Morgan fingerprint density at radius 3 is 2.54 bits per heavy atom. The van der Waals surface area contributed by atoms with Crippen LogP contribution in [0.15, 0.2) is 18.2 Å². The van der Waals surface area contributed by atoms with Crippen molar-refractivity contribution in [1.29, 1.82) is 0 Å². The summed E-state index contributed by atoms with van der Waals surface area (Å²) >= 11 is 0. The van der Waals surface area contributed by atoms with Gasteiger partial charge in [-0.1, -0.05) is 18.9 Å². The zero-order chi connectivity index (χ0) is 17.2. The highest BCUT2D eigenvalue weighted by molar-refractivity contribution is 5.43. The summed E-state index contributed by atoms with van der Waals surface area (Å²) in [6, 6.07) is 4.61. The third-order valence-electron chi connectivity index (χ3n) is 4.64. The number of hydrogen-bond donors (Lipinski definition) is 1. The first-order valence-corrected chi connectivity index (χ1v) is 8.35. The van der Waals surface area contributed by atoms with Crippen molar-refractivity contribution in [2.24, 2.45) is 5.92 Å². The van der Waals surface area contributed by atoms with Gasteiger partial charge in [-0.05, 0) is 18.4 Å².